The van der Waals surface area contributed by atoms with Crippen molar-refractivity contribution in [2.75, 3.05) is 19.6 Å². The molecular formula is C39H41BF18NO3+. The van der Waals surface area contributed by atoms with Gasteiger partial charge in [0.05, 0.1) is 58.6 Å². The van der Waals surface area contributed by atoms with Crippen molar-refractivity contribution >= 4 is 7.32 Å². The van der Waals surface area contributed by atoms with Crippen molar-refractivity contribution in [1.82, 2.24) is 0 Å². The van der Waals surface area contributed by atoms with E-state index < -0.39 is 119 Å². The molecule has 0 fully saturated rings. The number of halogens is 18. The van der Waals surface area contributed by atoms with Crippen molar-refractivity contribution < 1.29 is 97.5 Å². The fourth-order valence-electron chi connectivity index (χ4n) is 6.94. The molecule has 0 aromatic heterocycles. The van der Waals surface area contributed by atoms with Gasteiger partial charge in [-0.2, -0.15) is 79.0 Å². The van der Waals surface area contributed by atoms with Gasteiger partial charge in [0.1, 0.15) is 23.3 Å². The third-order valence-corrected chi connectivity index (χ3v) is 9.84. The lowest BCUT2D eigenvalue weighted by molar-refractivity contribution is -0.958. The topological polar surface area (TPSA) is 27.7 Å². The molecule has 348 valence electrons. The Morgan fingerprint density at radius 2 is 0.758 bits per heavy atom. The minimum absolute atomic E-state index is 0.00164. The zero-order valence-electron chi connectivity index (χ0n) is 33.3. The van der Waals surface area contributed by atoms with E-state index in [9.17, 15) is 65.9 Å². The normalized spacial score (nSPS) is 13.9. The molecular weight excluding hydrogens is 883 g/mol. The van der Waals surface area contributed by atoms with Crippen LogP contribution in [0.15, 0.2) is 48.5 Å². The second-order valence-electron chi connectivity index (χ2n) is 14.4. The maximum Gasteiger partial charge on any atom is 0.864 e. The Morgan fingerprint density at radius 1 is 0.435 bits per heavy atom. The van der Waals surface area contributed by atoms with Gasteiger partial charge in [-0.05, 0) is 67.8 Å². The molecule has 3 aromatic rings. The van der Waals surface area contributed by atoms with Crippen LogP contribution in [0.5, 0.6) is 17.2 Å². The molecule has 0 aliphatic carbocycles. The van der Waals surface area contributed by atoms with Gasteiger partial charge >= 0.3 is 44.4 Å². The first-order chi connectivity index (χ1) is 28.3. The summed E-state index contributed by atoms with van der Waals surface area (Å²) in [5, 5.41) is 0. The molecule has 62 heavy (non-hydrogen) atoms. The molecule has 0 spiro atoms. The zero-order valence-corrected chi connectivity index (χ0v) is 33.3. The fraction of sp³-hybridized carbons (Fsp3) is 0.538. The van der Waals surface area contributed by atoms with E-state index in [4.69, 9.17) is 14.0 Å². The van der Waals surface area contributed by atoms with Crippen molar-refractivity contribution in [3.8, 4) is 17.2 Å². The monoisotopic (exact) mass is 924 g/mol. The van der Waals surface area contributed by atoms with Crippen molar-refractivity contribution in [2.24, 2.45) is 0 Å². The first-order valence-electron chi connectivity index (χ1n) is 19.1. The first-order valence-corrected chi connectivity index (χ1v) is 19.1. The van der Waals surface area contributed by atoms with E-state index in [0.717, 1.165) is 0 Å². The number of hydrogen-bond donors (Lipinski definition) is 0. The largest absolute Gasteiger partial charge is 0.864 e. The molecule has 0 saturated carbocycles. The van der Waals surface area contributed by atoms with Crippen LogP contribution < -0.4 is 14.0 Å². The lowest BCUT2D eigenvalue weighted by Gasteiger charge is -2.46. The average molecular weight is 925 g/mol. The Kier molecular flexibility index (Phi) is 16.6. The highest BCUT2D eigenvalue weighted by molar-refractivity contribution is 6.39. The Labute approximate surface area is 344 Å². The van der Waals surface area contributed by atoms with Gasteiger partial charge in [-0.3, -0.25) is 0 Å². The Hall–Kier alpha value is -4.18. The van der Waals surface area contributed by atoms with E-state index in [1.165, 1.54) is 6.92 Å². The van der Waals surface area contributed by atoms with Crippen LogP contribution in [0, 0.1) is 0 Å². The van der Waals surface area contributed by atoms with Crippen LogP contribution >= 0.6 is 0 Å². The van der Waals surface area contributed by atoms with E-state index in [1.807, 2.05) is 0 Å². The minimum atomic E-state index is -5.64. The van der Waals surface area contributed by atoms with Gasteiger partial charge in [-0.25, -0.2) is 0 Å². The van der Waals surface area contributed by atoms with E-state index >= 15 is 13.2 Å². The number of rotatable bonds is 18. The first kappa shape index (κ1) is 52.2. The van der Waals surface area contributed by atoms with Crippen molar-refractivity contribution in [1.29, 1.82) is 0 Å². The average Bonchev–Trinajstić information content (AvgIpc) is 3.13. The smallest absolute Gasteiger partial charge is 0.490 e. The molecule has 4 nitrogen and oxygen atoms in total. The standard InChI is InChI=1S/C39H41BF18NO3/c1-5-9-12-59(13-10-6-2,14-11-7-3)31(8-4)33-30(39(56,57)58)21-27(38(53,54)55)22-32(33)62-40(60-28-17-23(34(41,42)43)15-24(18-28)35(44,45)46)61-29-19-25(36(47,48)49)16-26(20-29)37(50,51)52/h15-22,31H,5-14H2,1-4H3/q+1. The Bertz CT molecular complexity index is 1770. The molecule has 3 aromatic carbocycles. The van der Waals surface area contributed by atoms with Crippen molar-refractivity contribution in [2.45, 2.75) is 116 Å². The molecule has 1 atom stereocenters. The van der Waals surface area contributed by atoms with Gasteiger partial charge in [0.15, 0.2) is 0 Å². The van der Waals surface area contributed by atoms with Crippen molar-refractivity contribution in [3.05, 3.63) is 87.5 Å². The maximum atomic E-state index is 15.2. The third-order valence-electron chi connectivity index (χ3n) is 9.84. The van der Waals surface area contributed by atoms with Gasteiger partial charge < -0.3 is 18.4 Å². The summed E-state index contributed by atoms with van der Waals surface area (Å²) in [5.74, 6) is -4.59. The highest BCUT2D eigenvalue weighted by Crippen LogP contribution is 2.49. The Balaban J connectivity index is 2.56. The summed E-state index contributed by atoms with van der Waals surface area (Å²) in [7, 11) is -3.27. The maximum absolute atomic E-state index is 15.2. The van der Waals surface area contributed by atoms with Crippen LogP contribution in [-0.2, 0) is 37.1 Å². The fourth-order valence-corrected chi connectivity index (χ4v) is 6.94. The van der Waals surface area contributed by atoms with Crippen LogP contribution in [0.4, 0.5) is 79.0 Å². The quantitative estimate of drug-likeness (QED) is 0.0723. The molecule has 0 amide bonds. The molecule has 0 saturated heterocycles. The van der Waals surface area contributed by atoms with E-state index in [2.05, 4.69) is 0 Å². The number of quaternary nitrogens is 1. The van der Waals surface area contributed by atoms with Crippen LogP contribution in [0.1, 0.15) is 118 Å². The summed E-state index contributed by atoms with van der Waals surface area (Å²) in [6, 6.07) is -3.06. The SMILES string of the molecule is CCCC[N+](CCCC)(CCCC)C(CC)c1c(OB(Oc2cc(C(F)(F)F)cc(C(F)(F)F)c2)Oc2cc(C(F)(F)F)cc(C(F)(F)F)c2)cc(C(F)(F)F)cc1C(F)(F)F. The van der Waals surface area contributed by atoms with Crippen LogP contribution in [0.3, 0.4) is 0 Å². The van der Waals surface area contributed by atoms with E-state index in [0.29, 0.717) is 38.5 Å². The molecule has 0 aliphatic heterocycles. The predicted molar refractivity (Wildman–Crippen MR) is 190 cm³/mol. The molecule has 0 heterocycles. The van der Waals surface area contributed by atoms with E-state index in [1.54, 1.807) is 20.8 Å². The molecule has 0 N–H and O–H groups in total. The van der Waals surface area contributed by atoms with Crippen molar-refractivity contribution in [3.63, 3.8) is 0 Å². The molecule has 0 bridgehead atoms. The molecule has 3 rings (SSSR count). The molecule has 0 radical (unpaired) electrons. The number of hydrogen-bond acceptors (Lipinski definition) is 3. The molecule has 23 heteroatoms. The highest BCUT2D eigenvalue weighted by Gasteiger charge is 2.49. The number of nitrogens with zero attached hydrogens (tertiary/aromatic N) is 1. The lowest BCUT2D eigenvalue weighted by atomic mass is 9.90. The van der Waals surface area contributed by atoms with Crippen LogP contribution in [-0.4, -0.2) is 31.4 Å². The minimum Gasteiger partial charge on any atom is -0.490 e. The summed E-state index contributed by atoms with van der Waals surface area (Å²) < 4.78 is 270. The van der Waals surface area contributed by atoms with Crippen LogP contribution in [0.25, 0.3) is 0 Å². The number of benzene rings is 3. The second-order valence-corrected chi connectivity index (χ2v) is 14.4. The molecule has 0 aliphatic rings. The summed E-state index contributed by atoms with van der Waals surface area (Å²) in [6.45, 7) is 7.14. The van der Waals surface area contributed by atoms with E-state index in [-0.39, 0.29) is 66.9 Å². The van der Waals surface area contributed by atoms with Gasteiger partial charge in [0.25, 0.3) is 0 Å². The number of unbranched alkanes of at least 4 members (excludes halogenated alkanes) is 3. The zero-order chi connectivity index (χ0) is 47.3. The highest BCUT2D eigenvalue weighted by atomic mass is 19.4. The predicted octanol–water partition coefficient (Wildman–Crippen LogP) is 15.0. The van der Waals surface area contributed by atoms with Gasteiger partial charge in [0, 0.05) is 6.42 Å². The Morgan fingerprint density at radius 3 is 1.03 bits per heavy atom. The lowest BCUT2D eigenvalue weighted by Crippen LogP contribution is -2.53. The van der Waals surface area contributed by atoms with Gasteiger partial charge in [0.2, 0.25) is 0 Å². The van der Waals surface area contributed by atoms with Crippen LogP contribution in [0.2, 0.25) is 0 Å². The summed E-state index contributed by atoms with van der Waals surface area (Å²) >= 11 is 0. The third kappa shape index (κ3) is 13.7. The molecule has 1 unspecified atom stereocenters. The summed E-state index contributed by atoms with van der Waals surface area (Å²) in [5.41, 5.74) is -13.4. The van der Waals surface area contributed by atoms with Gasteiger partial charge in [-0.15, -0.1) is 0 Å². The second kappa shape index (κ2) is 19.7. The summed E-state index contributed by atoms with van der Waals surface area (Å²) in [6.07, 6.45) is -31.2. The van der Waals surface area contributed by atoms with Gasteiger partial charge in [-0.1, -0.05) is 47.0 Å². The summed E-state index contributed by atoms with van der Waals surface area (Å²) in [4.78, 5) is 0. The number of alkyl halides is 18.